The average molecular weight is 344 g/mol. The summed E-state index contributed by atoms with van der Waals surface area (Å²) in [4.78, 5) is 14.5. The predicted molar refractivity (Wildman–Crippen MR) is 89.0 cm³/mol. The Hall–Kier alpha value is -2.74. The number of piperidine rings is 1. The number of nitrogens with zero attached hydrogens (tertiary/aromatic N) is 6. The van der Waals surface area contributed by atoms with E-state index in [2.05, 4.69) is 25.9 Å². The summed E-state index contributed by atoms with van der Waals surface area (Å²) in [6.07, 6.45) is 1.61. The molecule has 1 amide bonds. The number of tetrazole rings is 1. The standard InChI is InChI=1S/C15H14ClN7O/c16-10-4-1-2-6-12(10)22-9-3-5-11(15(22)24)17-13-7-8-14-18-20-21-23(14)19-13/h1-2,4,6-8,11H,3,5,9H2,(H,17,19)/t11-/m1/s1. The number of nitrogens with one attached hydrogen (secondary N) is 1. The molecule has 24 heavy (non-hydrogen) atoms. The third kappa shape index (κ3) is 2.65. The van der Waals surface area contributed by atoms with Crippen molar-refractivity contribution in [3.05, 3.63) is 41.4 Å². The van der Waals surface area contributed by atoms with E-state index in [1.165, 1.54) is 4.63 Å². The van der Waals surface area contributed by atoms with Crippen molar-refractivity contribution in [1.82, 2.24) is 25.3 Å². The quantitative estimate of drug-likeness (QED) is 0.780. The van der Waals surface area contributed by atoms with E-state index in [-0.39, 0.29) is 11.9 Å². The number of fused-ring (bicyclic) bond motifs is 1. The van der Waals surface area contributed by atoms with Crippen LogP contribution in [0.25, 0.3) is 5.65 Å². The fourth-order valence-corrected chi connectivity index (χ4v) is 3.06. The molecular weight excluding hydrogens is 330 g/mol. The number of para-hydroxylation sites is 1. The third-order valence-electron chi connectivity index (χ3n) is 3.97. The Balaban J connectivity index is 1.57. The van der Waals surface area contributed by atoms with Crippen LogP contribution in [0.4, 0.5) is 11.5 Å². The molecule has 122 valence electrons. The summed E-state index contributed by atoms with van der Waals surface area (Å²) in [7, 11) is 0. The van der Waals surface area contributed by atoms with Crippen LogP contribution in [0.3, 0.4) is 0 Å². The molecule has 0 aliphatic carbocycles. The summed E-state index contributed by atoms with van der Waals surface area (Å²) >= 11 is 6.23. The number of anilines is 2. The van der Waals surface area contributed by atoms with E-state index < -0.39 is 0 Å². The molecule has 0 radical (unpaired) electrons. The van der Waals surface area contributed by atoms with Crippen molar-refractivity contribution in [1.29, 1.82) is 0 Å². The molecule has 1 saturated heterocycles. The van der Waals surface area contributed by atoms with Crippen LogP contribution in [-0.2, 0) is 4.79 Å². The summed E-state index contributed by atoms with van der Waals surface area (Å²) in [5, 5.41) is 19.1. The molecule has 8 nitrogen and oxygen atoms in total. The highest BCUT2D eigenvalue weighted by Crippen LogP contribution is 2.29. The van der Waals surface area contributed by atoms with Crippen LogP contribution < -0.4 is 10.2 Å². The van der Waals surface area contributed by atoms with Crippen molar-refractivity contribution < 1.29 is 4.79 Å². The first kappa shape index (κ1) is 14.8. The summed E-state index contributed by atoms with van der Waals surface area (Å²) in [6, 6.07) is 10.5. The second-order valence-electron chi connectivity index (χ2n) is 5.53. The maximum Gasteiger partial charge on any atom is 0.249 e. The van der Waals surface area contributed by atoms with E-state index in [0.717, 1.165) is 18.5 Å². The van der Waals surface area contributed by atoms with Gasteiger partial charge < -0.3 is 10.2 Å². The zero-order chi connectivity index (χ0) is 16.5. The van der Waals surface area contributed by atoms with E-state index in [1.807, 2.05) is 18.2 Å². The third-order valence-corrected chi connectivity index (χ3v) is 4.29. The lowest BCUT2D eigenvalue weighted by molar-refractivity contribution is -0.120. The van der Waals surface area contributed by atoms with Gasteiger partial charge in [0.05, 0.1) is 10.7 Å². The molecular formula is C15H14ClN7O. The number of carbonyl (C=O) groups excluding carboxylic acids is 1. The largest absolute Gasteiger partial charge is 0.357 e. The monoisotopic (exact) mass is 343 g/mol. The molecule has 3 aromatic rings. The number of hydrogen-bond acceptors (Lipinski definition) is 6. The molecule has 4 rings (SSSR count). The molecule has 1 aliphatic rings. The van der Waals surface area contributed by atoms with E-state index in [1.54, 1.807) is 23.1 Å². The highest BCUT2D eigenvalue weighted by atomic mass is 35.5. The van der Waals surface area contributed by atoms with Gasteiger partial charge in [-0.3, -0.25) is 4.79 Å². The number of amides is 1. The van der Waals surface area contributed by atoms with E-state index in [0.29, 0.717) is 23.0 Å². The second-order valence-corrected chi connectivity index (χ2v) is 5.93. The number of rotatable bonds is 3. The van der Waals surface area contributed by atoms with Crippen LogP contribution in [0.1, 0.15) is 12.8 Å². The van der Waals surface area contributed by atoms with Crippen LogP contribution in [0.2, 0.25) is 5.02 Å². The van der Waals surface area contributed by atoms with Crippen molar-refractivity contribution in [3.63, 3.8) is 0 Å². The Kier molecular flexibility index (Phi) is 3.73. The highest BCUT2D eigenvalue weighted by molar-refractivity contribution is 6.33. The number of hydrogen-bond donors (Lipinski definition) is 1. The van der Waals surface area contributed by atoms with Gasteiger partial charge in [0.25, 0.3) is 0 Å². The Morgan fingerprint density at radius 3 is 2.96 bits per heavy atom. The van der Waals surface area contributed by atoms with Gasteiger partial charge in [-0.1, -0.05) is 23.7 Å². The fraction of sp³-hybridized carbons (Fsp3) is 0.267. The Bertz CT molecular complexity index is 896. The van der Waals surface area contributed by atoms with Crippen molar-refractivity contribution in [2.75, 3.05) is 16.8 Å². The lowest BCUT2D eigenvalue weighted by Gasteiger charge is -2.33. The number of carbonyl (C=O) groups is 1. The minimum atomic E-state index is -0.364. The Morgan fingerprint density at radius 2 is 2.08 bits per heavy atom. The lowest BCUT2D eigenvalue weighted by Crippen LogP contribution is -2.48. The van der Waals surface area contributed by atoms with Gasteiger partial charge in [0.1, 0.15) is 11.9 Å². The maximum absolute atomic E-state index is 12.8. The van der Waals surface area contributed by atoms with Gasteiger partial charge in [-0.05, 0) is 47.5 Å². The number of halogens is 1. The van der Waals surface area contributed by atoms with Gasteiger partial charge in [-0.15, -0.1) is 14.8 Å². The molecule has 0 bridgehead atoms. The highest BCUT2D eigenvalue weighted by Gasteiger charge is 2.30. The van der Waals surface area contributed by atoms with Gasteiger partial charge in [0, 0.05) is 6.54 Å². The molecule has 3 heterocycles. The second kappa shape index (κ2) is 6.04. The topological polar surface area (TPSA) is 88.3 Å². The molecule has 1 aliphatic heterocycles. The molecule has 2 aromatic heterocycles. The lowest BCUT2D eigenvalue weighted by atomic mass is 10.0. The normalized spacial score (nSPS) is 18.1. The van der Waals surface area contributed by atoms with Gasteiger partial charge in [-0.25, -0.2) is 0 Å². The van der Waals surface area contributed by atoms with Crippen molar-refractivity contribution >= 4 is 34.7 Å². The average Bonchev–Trinajstić information content (AvgIpc) is 3.05. The van der Waals surface area contributed by atoms with Crippen molar-refractivity contribution in [2.45, 2.75) is 18.9 Å². The molecule has 0 spiro atoms. The smallest absolute Gasteiger partial charge is 0.249 e. The van der Waals surface area contributed by atoms with E-state index in [9.17, 15) is 4.79 Å². The Labute approximate surface area is 142 Å². The minimum Gasteiger partial charge on any atom is -0.357 e. The molecule has 0 unspecified atom stereocenters. The summed E-state index contributed by atoms with van der Waals surface area (Å²) in [5.41, 5.74) is 1.28. The Morgan fingerprint density at radius 1 is 1.21 bits per heavy atom. The van der Waals surface area contributed by atoms with Crippen LogP contribution >= 0.6 is 11.6 Å². The molecule has 1 N–H and O–H groups in total. The predicted octanol–water partition coefficient (Wildman–Crippen LogP) is 1.78. The van der Waals surface area contributed by atoms with Crippen molar-refractivity contribution in [2.24, 2.45) is 0 Å². The number of aromatic nitrogens is 5. The van der Waals surface area contributed by atoms with Gasteiger partial charge in [-0.2, -0.15) is 0 Å². The van der Waals surface area contributed by atoms with Crippen LogP contribution in [0.15, 0.2) is 36.4 Å². The fourth-order valence-electron chi connectivity index (χ4n) is 2.82. The first-order valence-electron chi connectivity index (χ1n) is 7.60. The zero-order valence-corrected chi connectivity index (χ0v) is 13.4. The number of benzene rings is 1. The van der Waals surface area contributed by atoms with Crippen LogP contribution in [-0.4, -0.2) is 43.7 Å². The first-order chi connectivity index (χ1) is 11.7. The molecule has 9 heteroatoms. The zero-order valence-electron chi connectivity index (χ0n) is 12.6. The maximum atomic E-state index is 12.8. The first-order valence-corrected chi connectivity index (χ1v) is 7.98. The van der Waals surface area contributed by atoms with Crippen LogP contribution in [0.5, 0.6) is 0 Å². The van der Waals surface area contributed by atoms with Gasteiger partial charge in [0.2, 0.25) is 5.91 Å². The van der Waals surface area contributed by atoms with Gasteiger partial charge >= 0.3 is 0 Å². The molecule has 0 saturated carbocycles. The molecule has 1 aromatic carbocycles. The summed E-state index contributed by atoms with van der Waals surface area (Å²) in [5.74, 6) is 0.530. The van der Waals surface area contributed by atoms with Gasteiger partial charge in [0.15, 0.2) is 5.65 Å². The van der Waals surface area contributed by atoms with Crippen LogP contribution in [0, 0.1) is 0 Å². The molecule has 1 atom stereocenters. The van der Waals surface area contributed by atoms with E-state index >= 15 is 0 Å². The summed E-state index contributed by atoms with van der Waals surface area (Å²) < 4.78 is 1.32. The molecule has 1 fully saturated rings. The summed E-state index contributed by atoms with van der Waals surface area (Å²) in [6.45, 7) is 0.653. The SMILES string of the molecule is O=C1[C@H](Nc2ccc3nnnn3n2)CCCN1c1ccccc1Cl. The van der Waals surface area contributed by atoms with Crippen molar-refractivity contribution in [3.8, 4) is 0 Å². The minimum absolute atomic E-state index is 0.0204. The van der Waals surface area contributed by atoms with E-state index in [4.69, 9.17) is 11.6 Å².